The van der Waals surface area contributed by atoms with Gasteiger partial charge in [-0.05, 0) is 18.2 Å². The number of hydrogen-bond acceptors (Lipinski definition) is 4. The van der Waals surface area contributed by atoms with Crippen molar-refractivity contribution in [3.8, 4) is 11.6 Å². The SMILES string of the molecule is OC(O)c1cccc2[nH]c(-c3ccco3)nc12. The smallest absolute Gasteiger partial charge is 0.180 e. The molecule has 0 radical (unpaired) electrons. The molecule has 0 atom stereocenters. The molecule has 5 heteroatoms. The monoisotopic (exact) mass is 230 g/mol. The van der Waals surface area contributed by atoms with E-state index in [-0.39, 0.29) is 0 Å². The topological polar surface area (TPSA) is 82.3 Å². The van der Waals surface area contributed by atoms with E-state index < -0.39 is 6.29 Å². The molecule has 5 nitrogen and oxygen atoms in total. The van der Waals surface area contributed by atoms with E-state index in [0.29, 0.717) is 22.7 Å². The first kappa shape index (κ1) is 10.1. The summed E-state index contributed by atoms with van der Waals surface area (Å²) >= 11 is 0. The van der Waals surface area contributed by atoms with Crippen LogP contribution >= 0.6 is 0 Å². The van der Waals surface area contributed by atoms with Gasteiger partial charge in [-0.25, -0.2) is 4.98 Å². The Labute approximate surface area is 96.3 Å². The summed E-state index contributed by atoms with van der Waals surface area (Å²) in [5.74, 6) is 1.18. The lowest BCUT2D eigenvalue weighted by atomic mass is 10.2. The molecule has 2 heterocycles. The molecular formula is C12H10N2O3. The number of rotatable bonds is 2. The van der Waals surface area contributed by atoms with E-state index in [1.54, 1.807) is 30.5 Å². The zero-order chi connectivity index (χ0) is 11.8. The fourth-order valence-electron chi connectivity index (χ4n) is 1.79. The molecule has 0 saturated heterocycles. The fourth-order valence-corrected chi connectivity index (χ4v) is 1.79. The van der Waals surface area contributed by atoms with Gasteiger partial charge in [-0.2, -0.15) is 0 Å². The van der Waals surface area contributed by atoms with Crippen LogP contribution in [-0.2, 0) is 0 Å². The van der Waals surface area contributed by atoms with Crippen molar-refractivity contribution in [2.45, 2.75) is 6.29 Å². The number of H-pyrrole nitrogens is 1. The number of benzene rings is 1. The lowest BCUT2D eigenvalue weighted by molar-refractivity contribution is -0.0414. The van der Waals surface area contributed by atoms with Gasteiger partial charge in [0.15, 0.2) is 17.9 Å². The van der Waals surface area contributed by atoms with Crippen LogP contribution in [0.4, 0.5) is 0 Å². The summed E-state index contributed by atoms with van der Waals surface area (Å²) in [4.78, 5) is 7.37. The molecular weight excluding hydrogens is 220 g/mol. The van der Waals surface area contributed by atoms with Gasteiger partial charge in [0.05, 0.1) is 17.3 Å². The number of nitrogens with zero attached hydrogens (tertiary/aromatic N) is 1. The number of furan rings is 1. The summed E-state index contributed by atoms with van der Waals surface area (Å²) in [6, 6.07) is 8.73. The van der Waals surface area contributed by atoms with Crippen LogP contribution in [0.2, 0.25) is 0 Å². The van der Waals surface area contributed by atoms with Crippen molar-refractivity contribution in [2.75, 3.05) is 0 Å². The molecule has 1 aromatic carbocycles. The molecule has 2 aromatic heterocycles. The van der Waals surface area contributed by atoms with Crippen LogP contribution < -0.4 is 0 Å². The van der Waals surface area contributed by atoms with Crippen molar-refractivity contribution in [1.29, 1.82) is 0 Å². The van der Waals surface area contributed by atoms with Crippen molar-refractivity contribution < 1.29 is 14.6 Å². The molecule has 0 aliphatic heterocycles. The van der Waals surface area contributed by atoms with Crippen molar-refractivity contribution >= 4 is 11.0 Å². The summed E-state index contributed by atoms with van der Waals surface area (Å²) in [5.41, 5.74) is 1.65. The van der Waals surface area contributed by atoms with Crippen molar-refractivity contribution in [3.05, 3.63) is 42.2 Å². The summed E-state index contributed by atoms with van der Waals surface area (Å²) in [6.07, 6.45) is 0.0241. The Kier molecular flexibility index (Phi) is 2.21. The molecule has 0 spiro atoms. The highest BCUT2D eigenvalue weighted by Crippen LogP contribution is 2.25. The van der Waals surface area contributed by atoms with E-state index in [2.05, 4.69) is 9.97 Å². The molecule has 17 heavy (non-hydrogen) atoms. The van der Waals surface area contributed by atoms with Gasteiger partial charge < -0.3 is 19.6 Å². The van der Waals surface area contributed by atoms with E-state index in [0.717, 1.165) is 5.52 Å². The summed E-state index contributed by atoms with van der Waals surface area (Å²) in [7, 11) is 0. The molecule has 0 aliphatic carbocycles. The molecule has 3 rings (SSSR count). The van der Waals surface area contributed by atoms with E-state index in [9.17, 15) is 10.2 Å². The van der Waals surface area contributed by atoms with Gasteiger partial charge in [-0.1, -0.05) is 12.1 Å². The first-order valence-electron chi connectivity index (χ1n) is 5.14. The highest BCUT2D eigenvalue weighted by molar-refractivity contribution is 5.81. The molecule has 0 aliphatic rings. The maximum absolute atomic E-state index is 9.24. The van der Waals surface area contributed by atoms with E-state index in [4.69, 9.17) is 4.42 Å². The van der Waals surface area contributed by atoms with Crippen LogP contribution in [0.1, 0.15) is 11.9 Å². The van der Waals surface area contributed by atoms with Gasteiger partial charge in [0.1, 0.15) is 0 Å². The van der Waals surface area contributed by atoms with Crippen LogP contribution in [0.25, 0.3) is 22.6 Å². The number of nitrogens with one attached hydrogen (secondary N) is 1. The number of aliphatic hydroxyl groups is 2. The van der Waals surface area contributed by atoms with Gasteiger partial charge in [0.25, 0.3) is 0 Å². The Morgan fingerprint density at radius 2 is 2.06 bits per heavy atom. The second-order valence-electron chi connectivity index (χ2n) is 3.68. The van der Waals surface area contributed by atoms with Crippen LogP contribution in [-0.4, -0.2) is 20.2 Å². The predicted molar refractivity (Wildman–Crippen MR) is 61.0 cm³/mol. The molecule has 3 aromatic rings. The number of aliphatic hydroxyl groups excluding tert-OH is 1. The maximum Gasteiger partial charge on any atom is 0.180 e. The second kappa shape index (κ2) is 3.73. The summed E-state index contributed by atoms with van der Waals surface area (Å²) in [6.45, 7) is 0. The van der Waals surface area contributed by atoms with E-state index in [1.807, 2.05) is 6.07 Å². The first-order valence-corrected chi connectivity index (χ1v) is 5.14. The third-order valence-electron chi connectivity index (χ3n) is 2.58. The molecule has 0 amide bonds. The lowest BCUT2D eigenvalue weighted by Crippen LogP contribution is -1.95. The number of imidazole rings is 1. The van der Waals surface area contributed by atoms with Crippen LogP contribution in [0, 0.1) is 0 Å². The number of para-hydroxylation sites is 1. The summed E-state index contributed by atoms with van der Waals surface area (Å²) < 4.78 is 5.23. The fraction of sp³-hybridized carbons (Fsp3) is 0.0833. The Morgan fingerprint density at radius 1 is 1.18 bits per heavy atom. The van der Waals surface area contributed by atoms with Gasteiger partial charge in [0, 0.05) is 5.56 Å². The zero-order valence-corrected chi connectivity index (χ0v) is 8.79. The van der Waals surface area contributed by atoms with Gasteiger partial charge in [0.2, 0.25) is 0 Å². The Hall–Kier alpha value is -2.11. The number of aromatic nitrogens is 2. The third kappa shape index (κ3) is 1.61. The van der Waals surface area contributed by atoms with E-state index >= 15 is 0 Å². The molecule has 0 bridgehead atoms. The van der Waals surface area contributed by atoms with Gasteiger partial charge in [-0.15, -0.1) is 0 Å². The standard InChI is InChI=1S/C12H10N2O3/c15-12(16)7-3-1-4-8-10(7)14-11(13-8)9-5-2-6-17-9/h1-6,12,15-16H,(H,13,14). The van der Waals surface area contributed by atoms with Gasteiger partial charge in [-0.3, -0.25) is 0 Å². The number of aromatic amines is 1. The summed E-state index contributed by atoms with van der Waals surface area (Å²) in [5, 5.41) is 18.5. The minimum atomic E-state index is -1.54. The molecule has 0 fully saturated rings. The minimum Gasteiger partial charge on any atom is -0.461 e. The first-order chi connectivity index (χ1) is 8.25. The van der Waals surface area contributed by atoms with Gasteiger partial charge >= 0.3 is 0 Å². The van der Waals surface area contributed by atoms with Crippen molar-refractivity contribution in [1.82, 2.24) is 9.97 Å². The second-order valence-corrected chi connectivity index (χ2v) is 3.68. The molecule has 0 unspecified atom stereocenters. The highest BCUT2D eigenvalue weighted by atomic mass is 16.5. The van der Waals surface area contributed by atoms with Crippen molar-refractivity contribution in [3.63, 3.8) is 0 Å². The third-order valence-corrected chi connectivity index (χ3v) is 2.58. The van der Waals surface area contributed by atoms with E-state index in [1.165, 1.54) is 0 Å². The quantitative estimate of drug-likeness (QED) is 0.586. The van der Waals surface area contributed by atoms with Crippen LogP contribution in [0.5, 0.6) is 0 Å². The van der Waals surface area contributed by atoms with Crippen molar-refractivity contribution in [2.24, 2.45) is 0 Å². The lowest BCUT2D eigenvalue weighted by Gasteiger charge is -2.02. The molecule has 3 N–H and O–H groups in total. The van der Waals surface area contributed by atoms with Crippen LogP contribution in [0.15, 0.2) is 41.0 Å². The average Bonchev–Trinajstić information content (AvgIpc) is 2.96. The zero-order valence-electron chi connectivity index (χ0n) is 8.79. The number of hydrogen-bond donors (Lipinski definition) is 3. The average molecular weight is 230 g/mol. The Balaban J connectivity index is 2.22. The largest absolute Gasteiger partial charge is 0.461 e. The minimum absolute atomic E-state index is 0.372. The molecule has 0 saturated carbocycles. The molecule has 86 valence electrons. The highest BCUT2D eigenvalue weighted by Gasteiger charge is 2.13. The maximum atomic E-state index is 9.24. The Morgan fingerprint density at radius 3 is 2.76 bits per heavy atom. The number of fused-ring (bicyclic) bond motifs is 1. The predicted octanol–water partition coefficient (Wildman–Crippen LogP) is 1.81. The Bertz CT molecular complexity index is 641. The normalized spacial score (nSPS) is 11.5. The van der Waals surface area contributed by atoms with Crippen LogP contribution in [0.3, 0.4) is 0 Å².